The van der Waals surface area contributed by atoms with Gasteiger partial charge < -0.3 is 20.5 Å². The molecule has 7 nitrogen and oxygen atoms in total. The number of ether oxygens (including phenoxy) is 1. The minimum Gasteiger partial charge on any atom is -0.465 e. The van der Waals surface area contributed by atoms with Crippen LogP contribution in [0.5, 0.6) is 0 Å². The summed E-state index contributed by atoms with van der Waals surface area (Å²) in [5.74, 6) is -1.65. The number of carbonyl (C=O) groups excluding carboxylic acids is 2. The standard InChI is InChI=1S/C28H29N3O4/c1-2-35-28(34)23(14-15-29-20-9-7-8-19(16-20)18-32)26(33)17-30-27-21-10-3-5-12-24(21)31-25-13-6-4-11-22(25)27/h3-13,16,23,29,32H,2,14-15,17-18H2,1H3,(H,30,31). The third-order valence-electron chi connectivity index (χ3n) is 5.86. The van der Waals surface area contributed by atoms with E-state index in [-0.39, 0.29) is 25.5 Å². The normalized spacial score (nSPS) is 11.8. The van der Waals surface area contributed by atoms with Crippen LogP contribution >= 0.6 is 0 Å². The molecule has 4 aromatic rings. The van der Waals surface area contributed by atoms with Crippen LogP contribution in [-0.2, 0) is 20.9 Å². The van der Waals surface area contributed by atoms with E-state index in [1.165, 1.54) is 0 Å². The molecule has 1 aromatic heterocycles. The summed E-state index contributed by atoms with van der Waals surface area (Å²) < 4.78 is 5.20. The maximum Gasteiger partial charge on any atom is 0.316 e. The first-order valence-electron chi connectivity index (χ1n) is 11.7. The molecule has 7 heteroatoms. The lowest BCUT2D eigenvalue weighted by Gasteiger charge is -2.17. The number of pyridine rings is 1. The number of ketones is 1. The molecule has 0 spiro atoms. The number of Topliss-reactive ketones (excluding diaryl/α,β-unsaturated/α-hetero) is 1. The van der Waals surface area contributed by atoms with Crippen LogP contribution in [0, 0.1) is 5.92 Å². The zero-order valence-corrected chi connectivity index (χ0v) is 19.7. The smallest absolute Gasteiger partial charge is 0.316 e. The second-order valence-electron chi connectivity index (χ2n) is 8.22. The van der Waals surface area contributed by atoms with Gasteiger partial charge in [-0.25, -0.2) is 4.98 Å². The predicted octanol–water partition coefficient (Wildman–Crippen LogP) is 4.54. The number of rotatable bonds is 11. The highest BCUT2D eigenvalue weighted by molar-refractivity contribution is 6.09. The van der Waals surface area contributed by atoms with E-state index in [1.54, 1.807) is 6.92 Å². The number of anilines is 2. The maximum atomic E-state index is 13.2. The van der Waals surface area contributed by atoms with Crippen molar-refractivity contribution in [1.82, 2.24) is 4.98 Å². The number of aromatic nitrogens is 1. The first kappa shape index (κ1) is 24.2. The predicted molar refractivity (Wildman–Crippen MR) is 138 cm³/mol. The summed E-state index contributed by atoms with van der Waals surface area (Å²) in [7, 11) is 0. The number of carbonyl (C=O) groups is 2. The van der Waals surface area contributed by atoms with Gasteiger partial charge in [-0.15, -0.1) is 0 Å². The lowest BCUT2D eigenvalue weighted by atomic mass is 9.99. The van der Waals surface area contributed by atoms with Gasteiger partial charge in [-0.1, -0.05) is 48.5 Å². The zero-order chi connectivity index (χ0) is 24.6. The second-order valence-corrected chi connectivity index (χ2v) is 8.22. The number of nitrogens with one attached hydrogen (secondary N) is 2. The number of aliphatic hydroxyl groups is 1. The molecule has 0 fully saturated rings. The molecular weight excluding hydrogens is 442 g/mol. The number of aliphatic hydroxyl groups excluding tert-OH is 1. The van der Waals surface area contributed by atoms with E-state index >= 15 is 0 Å². The fourth-order valence-corrected chi connectivity index (χ4v) is 4.12. The number of nitrogens with zero attached hydrogens (tertiary/aromatic N) is 1. The van der Waals surface area contributed by atoms with Crippen LogP contribution in [0.3, 0.4) is 0 Å². The molecule has 1 unspecified atom stereocenters. The van der Waals surface area contributed by atoms with Crippen molar-refractivity contribution in [2.75, 3.05) is 30.3 Å². The third-order valence-corrected chi connectivity index (χ3v) is 5.86. The molecule has 0 bridgehead atoms. The molecule has 0 radical (unpaired) electrons. The monoisotopic (exact) mass is 471 g/mol. The maximum absolute atomic E-state index is 13.2. The Morgan fingerprint density at radius 3 is 2.29 bits per heavy atom. The molecule has 0 aliphatic rings. The Morgan fingerprint density at radius 2 is 1.63 bits per heavy atom. The van der Waals surface area contributed by atoms with Crippen LogP contribution in [-0.4, -0.2) is 41.5 Å². The summed E-state index contributed by atoms with van der Waals surface area (Å²) in [6, 6.07) is 22.9. The number of fused-ring (bicyclic) bond motifs is 2. The number of hydrogen-bond acceptors (Lipinski definition) is 7. The highest BCUT2D eigenvalue weighted by Gasteiger charge is 2.27. The topological polar surface area (TPSA) is 101 Å². The quantitative estimate of drug-likeness (QED) is 0.168. The van der Waals surface area contributed by atoms with Crippen molar-refractivity contribution in [2.45, 2.75) is 20.0 Å². The molecule has 0 saturated carbocycles. The van der Waals surface area contributed by atoms with Crippen molar-refractivity contribution in [3.63, 3.8) is 0 Å². The Labute approximate surface area is 204 Å². The first-order chi connectivity index (χ1) is 17.1. The molecular formula is C28H29N3O4. The summed E-state index contributed by atoms with van der Waals surface area (Å²) in [4.78, 5) is 30.5. The molecule has 0 aliphatic carbocycles. The van der Waals surface area contributed by atoms with Crippen molar-refractivity contribution < 1.29 is 19.4 Å². The van der Waals surface area contributed by atoms with Crippen molar-refractivity contribution >= 4 is 44.9 Å². The van der Waals surface area contributed by atoms with Gasteiger partial charge in [-0.2, -0.15) is 0 Å². The van der Waals surface area contributed by atoms with E-state index in [0.717, 1.165) is 38.7 Å². The highest BCUT2D eigenvalue weighted by atomic mass is 16.5. The Bertz CT molecular complexity index is 1280. The Balaban J connectivity index is 1.50. The van der Waals surface area contributed by atoms with Crippen molar-refractivity contribution in [2.24, 2.45) is 5.92 Å². The minimum atomic E-state index is -0.893. The molecule has 180 valence electrons. The summed E-state index contributed by atoms with van der Waals surface area (Å²) in [6.45, 7) is 2.28. The Morgan fingerprint density at radius 1 is 0.943 bits per heavy atom. The lowest BCUT2D eigenvalue weighted by Crippen LogP contribution is -2.32. The molecule has 0 aliphatic heterocycles. The fourth-order valence-electron chi connectivity index (χ4n) is 4.12. The number of esters is 1. The van der Waals surface area contributed by atoms with Crippen molar-refractivity contribution in [1.29, 1.82) is 0 Å². The first-order valence-corrected chi connectivity index (χ1v) is 11.7. The molecule has 3 N–H and O–H groups in total. The number of hydrogen-bond donors (Lipinski definition) is 3. The number of para-hydroxylation sites is 2. The van der Waals surface area contributed by atoms with E-state index in [2.05, 4.69) is 10.6 Å². The van der Waals surface area contributed by atoms with Gasteiger partial charge in [0.25, 0.3) is 0 Å². The van der Waals surface area contributed by atoms with Crippen LogP contribution in [0.1, 0.15) is 18.9 Å². The summed E-state index contributed by atoms with van der Waals surface area (Å²) in [6.07, 6.45) is 0.292. The second kappa shape index (κ2) is 11.4. The van der Waals surface area contributed by atoms with E-state index in [1.807, 2.05) is 72.8 Å². The van der Waals surface area contributed by atoms with Crippen LogP contribution in [0.4, 0.5) is 11.4 Å². The minimum absolute atomic E-state index is 0.0124. The van der Waals surface area contributed by atoms with Gasteiger partial charge in [0.05, 0.1) is 36.5 Å². The molecule has 35 heavy (non-hydrogen) atoms. The van der Waals surface area contributed by atoms with Gasteiger partial charge in [-0.05, 0) is 43.2 Å². The van der Waals surface area contributed by atoms with Crippen LogP contribution in [0.25, 0.3) is 21.8 Å². The Hall–Kier alpha value is -3.97. The SMILES string of the molecule is CCOC(=O)C(CCNc1cccc(CO)c1)C(=O)CNc1c2ccccc2nc2ccccc12. The van der Waals surface area contributed by atoms with Gasteiger partial charge in [-0.3, -0.25) is 9.59 Å². The summed E-state index contributed by atoms with van der Waals surface area (Å²) in [5.41, 5.74) is 4.09. The summed E-state index contributed by atoms with van der Waals surface area (Å²) in [5, 5.41) is 17.7. The number of benzene rings is 3. The lowest BCUT2D eigenvalue weighted by molar-refractivity contribution is -0.151. The van der Waals surface area contributed by atoms with Crippen LogP contribution in [0.2, 0.25) is 0 Å². The largest absolute Gasteiger partial charge is 0.465 e. The van der Waals surface area contributed by atoms with Gasteiger partial charge in [0.2, 0.25) is 0 Å². The van der Waals surface area contributed by atoms with Gasteiger partial charge in [0, 0.05) is 23.0 Å². The van der Waals surface area contributed by atoms with E-state index in [0.29, 0.717) is 13.0 Å². The van der Waals surface area contributed by atoms with E-state index in [4.69, 9.17) is 9.72 Å². The molecule has 1 atom stereocenters. The van der Waals surface area contributed by atoms with E-state index < -0.39 is 11.9 Å². The molecule has 1 heterocycles. The zero-order valence-electron chi connectivity index (χ0n) is 19.7. The van der Waals surface area contributed by atoms with E-state index in [9.17, 15) is 14.7 Å². The molecule has 3 aromatic carbocycles. The highest BCUT2D eigenvalue weighted by Crippen LogP contribution is 2.30. The van der Waals surface area contributed by atoms with Crippen LogP contribution < -0.4 is 10.6 Å². The average molecular weight is 472 g/mol. The Kier molecular flexibility index (Phi) is 7.90. The average Bonchev–Trinajstić information content (AvgIpc) is 2.89. The molecule has 0 amide bonds. The van der Waals surface area contributed by atoms with Crippen LogP contribution in [0.15, 0.2) is 72.8 Å². The van der Waals surface area contributed by atoms with Gasteiger partial charge in [0.1, 0.15) is 5.92 Å². The molecule has 0 saturated heterocycles. The van der Waals surface area contributed by atoms with Gasteiger partial charge >= 0.3 is 5.97 Å². The third kappa shape index (κ3) is 5.75. The fraction of sp³-hybridized carbons (Fsp3) is 0.250. The summed E-state index contributed by atoms with van der Waals surface area (Å²) >= 11 is 0. The van der Waals surface area contributed by atoms with Crippen molar-refractivity contribution in [3.8, 4) is 0 Å². The van der Waals surface area contributed by atoms with Gasteiger partial charge in [0.15, 0.2) is 5.78 Å². The van der Waals surface area contributed by atoms with Crippen molar-refractivity contribution in [3.05, 3.63) is 78.4 Å². The molecule has 4 rings (SSSR count).